The Hall–Kier alpha value is -2.45. The van der Waals surface area contributed by atoms with Crippen LogP contribution in [-0.2, 0) is 21.4 Å². The van der Waals surface area contributed by atoms with E-state index in [0.29, 0.717) is 23.1 Å². The largest absolute Gasteiger partial charge is 0.495 e. The van der Waals surface area contributed by atoms with Crippen molar-refractivity contribution in [2.45, 2.75) is 13.5 Å². The highest BCUT2D eigenvalue weighted by Crippen LogP contribution is 2.32. The monoisotopic (exact) mass is 426 g/mol. The maximum absolute atomic E-state index is 12.4. The molecule has 0 unspecified atom stereocenters. The molecule has 0 spiro atoms. The molecule has 28 heavy (non-hydrogen) atoms. The Bertz CT molecular complexity index is 934. The van der Waals surface area contributed by atoms with E-state index < -0.39 is 22.5 Å². The van der Waals surface area contributed by atoms with Gasteiger partial charge in [-0.2, -0.15) is 0 Å². The van der Waals surface area contributed by atoms with E-state index in [0.717, 1.165) is 16.1 Å². The smallest absolute Gasteiger partial charge is 0.241 e. The number of rotatable bonds is 9. The third kappa shape index (κ3) is 6.03. The minimum Gasteiger partial charge on any atom is -0.495 e. The van der Waals surface area contributed by atoms with Crippen LogP contribution in [-0.4, -0.2) is 40.8 Å². The third-order valence-corrected chi connectivity index (χ3v) is 5.16. The Morgan fingerprint density at radius 3 is 2.61 bits per heavy atom. The van der Waals surface area contributed by atoms with Gasteiger partial charge in [0.2, 0.25) is 15.9 Å². The van der Waals surface area contributed by atoms with Crippen molar-refractivity contribution < 1.29 is 22.7 Å². The first-order valence-electron chi connectivity index (χ1n) is 8.54. The fraction of sp³-hybridized carbons (Fsp3) is 0.316. The van der Waals surface area contributed by atoms with Crippen LogP contribution in [0.25, 0.3) is 0 Å². The van der Waals surface area contributed by atoms with Crippen molar-refractivity contribution in [2.75, 3.05) is 30.8 Å². The van der Waals surface area contributed by atoms with Crippen molar-refractivity contribution in [1.29, 1.82) is 0 Å². The molecular formula is C19H23ClN2O5S. The summed E-state index contributed by atoms with van der Waals surface area (Å²) in [5.74, 6) is 0.539. The van der Waals surface area contributed by atoms with Crippen molar-refractivity contribution in [2.24, 2.45) is 0 Å². The summed E-state index contributed by atoms with van der Waals surface area (Å²) < 4.78 is 36.1. The van der Waals surface area contributed by atoms with Crippen LogP contribution in [0.3, 0.4) is 0 Å². The van der Waals surface area contributed by atoms with Gasteiger partial charge in [0.25, 0.3) is 0 Å². The number of carbonyl (C=O) groups is 1. The van der Waals surface area contributed by atoms with Crippen LogP contribution < -0.4 is 19.1 Å². The van der Waals surface area contributed by atoms with Crippen LogP contribution in [0.2, 0.25) is 5.02 Å². The fourth-order valence-corrected chi connectivity index (χ4v) is 3.56. The molecule has 152 valence electrons. The summed E-state index contributed by atoms with van der Waals surface area (Å²) in [4.78, 5) is 12.4. The molecule has 2 rings (SSSR count). The maximum atomic E-state index is 12.4. The van der Waals surface area contributed by atoms with Gasteiger partial charge in [0.1, 0.15) is 18.0 Å². The number of hydrogen-bond acceptors (Lipinski definition) is 5. The normalized spacial score (nSPS) is 11.0. The van der Waals surface area contributed by atoms with E-state index >= 15 is 0 Å². The minimum absolute atomic E-state index is 0.200. The molecule has 0 aliphatic heterocycles. The Balaban J connectivity index is 2.14. The number of nitrogens with one attached hydrogen (secondary N) is 1. The lowest BCUT2D eigenvalue weighted by Crippen LogP contribution is -2.40. The molecule has 9 heteroatoms. The number of anilines is 1. The van der Waals surface area contributed by atoms with Crippen molar-refractivity contribution in [3.63, 3.8) is 0 Å². The van der Waals surface area contributed by atoms with Gasteiger partial charge in [0.15, 0.2) is 0 Å². The number of halogens is 1. The Morgan fingerprint density at radius 2 is 1.96 bits per heavy atom. The van der Waals surface area contributed by atoms with Crippen molar-refractivity contribution in [3.8, 4) is 11.5 Å². The molecule has 0 bridgehead atoms. The molecule has 0 atom stereocenters. The lowest BCUT2D eigenvalue weighted by atomic mass is 10.2. The van der Waals surface area contributed by atoms with Gasteiger partial charge in [-0.25, -0.2) is 8.42 Å². The summed E-state index contributed by atoms with van der Waals surface area (Å²) >= 11 is 6.00. The molecule has 7 nitrogen and oxygen atoms in total. The molecular weight excluding hydrogens is 404 g/mol. The van der Waals surface area contributed by atoms with Crippen LogP contribution in [0.5, 0.6) is 11.5 Å². The second kappa shape index (κ2) is 9.66. The Morgan fingerprint density at radius 1 is 1.21 bits per heavy atom. The van der Waals surface area contributed by atoms with E-state index in [1.807, 2.05) is 31.2 Å². The second-order valence-electron chi connectivity index (χ2n) is 5.94. The molecule has 2 aromatic rings. The number of nitrogens with zero attached hydrogens (tertiary/aromatic N) is 1. The topological polar surface area (TPSA) is 84.9 Å². The predicted octanol–water partition coefficient (Wildman–Crippen LogP) is 2.83. The molecule has 1 N–H and O–H groups in total. The number of ether oxygens (including phenoxy) is 2. The standard InChI is InChI=1S/C19H23ClN2O5S/c1-4-27-16-7-5-6-14(10-16)12-21-19(23)13-22(28(3,24)25)17-11-15(20)8-9-18(17)26-2/h5-11H,4,12-13H2,1-3H3,(H,21,23). The number of hydrogen-bond donors (Lipinski definition) is 1. The number of sulfonamides is 1. The zero-order valence-electron chi connectivity index (χ0n) is 15.9. The molecule has 0 fully saturated rings. The first-order chi connectivity index (χ1) is 13.2. The van der Waals surface area contributed by atoms with E-state index in [4.69, 9.17) is 21.1 Å². The van der Waals surface area contributed by atoms with Crippen molar-refractivity contribution in [1.82, 2.24) is 5.32 Å². The lowest BCUT2D eigenvalue weighted by Gasteiger charge is -2.24. The van der Waals surface area contributed by atoms with E-state index in [1.165, 1.54) is 13.2 Å². The summed E-state index contributed by atoms with van der Waals surface area (Å²) in [5.41, 5.74) is 1.04. The molecule has 0 aromatic heterocycles. The summed E-state index contributed by atoms with van der Waals surface area (Å²) in [6.45, 7) is 2.27. The van der Waals surface area contributed by atoms with Gasteiger partial charge in [-0.3, -0.25) is 9.10 Å². The SMILES string of the molecule is CCOc1cccc(CNC(=O)CN(c2cc(Cl)ccc2OC)S(C)(=O)=O)c1. The van der Waals surface area contributed by atoms with E-state index in [2.05, 4.69) is 5.32 Å². The molecule has 0 saturated heterocycles. The van der Waals surface area contributed by atoms with Gasteiger partial charge in [-0.05, 0) is 42.8 Å². The Labute approximate surface area is 170 Å². The van der Waals surface area contributed by atoms with Crippen molar-refractivity contribution in [3.05, 3.63) is 53.1 Å². The van der Waals surface area contributed by atoms with Gasteiger partial charge >= 0.3 is 0 Å². The van der Waals surface area contributed by atoms with Gasteiger partial charge in [-0.1, -0.05) is 23.7 Å². The number of amides is 1. The third-order valence-electron chi connectivity index (χ3n) is 3.80. The maximum Gasteiger partial charge on any atom is 0.241 e. The van der Waals surface area contributed by atoms with Gasteiger partial charge in [0, 0.05) is 11.6 Å². The minimum atomic E-state index is -3.75. The average Bonchev–Trinajstić information content (AvgIpc) is 2.64. The summed E-state index contributed by atoms with van der Waals surface area (Å²) in [6.07, 6.45) is 1.02. The van der Waals surface area contributed by atoms with E-state index in [-0.39, 0.29) is 12.2 Å². The molecule has 0 saturated carbocycles. The first-order valence-corrected chi connectivity index (χ1v) is 10.8. The van der Waals surface area contributed by atoms with Crippen molar-refractivity contribution >= 4 is 33.2 Å². The summed E-state index contributed by atoms with van der Waals surface area (Å²) in [5, 5.41) is 3.05. The molecule has 1 amide bonds. The molecule has 0 aliphatic rings. The number of methoxy groups -OCH3 is 1. The number of carbonyl (C=O) groups excluding carboxylic acids is 1. The quantitative estimate of drug-likeness (QED) is 0.666. The fourth-order valence-electron chi connectivity index (χ4n) is 2.54. The average molecular weight is 427 g/mol. The highest BCUT2D eigenvalue weighted by molar-refractivity contribution is 7.92. The zero-order chi connectivity index (χ0) is 20.7. The van der Waals surface area contributed by atoms with Crippen LogP contribution in [0, 0.1) is 0 Å². The van der Waals surface area contributed by atoms with Gasteiger partial charge in [-0.15, -0.1) is 0 Å². The van der Waals surface area contributed by atoms with Crippen LogP contribution >= 0.6 is 11.6 Å². The van der Waals surface area contributed by atoms with Gasteiger partial charge < -0.3 is 14.8 Å². The molecule has 0 radical (unpaired) electrons. The van der Waals surface area contributed by atoms with Crippen LogP contribution in [0.1, 0.15) is 12.5 Å². The summed E-state index contributed by atoms with van der Waals surface area (Å²) in [7, 11) is -2.33. The number of benzene rings is 2. The lowest BCUT2D eigenvalue weighted by molar-refractivity contribution is -0.119. The van der Waals surface area contributed by atoms with Gasteiger partial charge in [0.05, 0.1) is 25.7 Å². The highest BCUT2D eigenvalue weighted by Gasteiger charge is 2.24. The second-order valence-corrected chi connectivity index (χ2v) is 8.29. The predicted molar refractivity (Wildman–Crippen MR) is 110 cm³/mol. The van der Waals surface area contributed by atoms with Crippen LogP contribution in [0.15, 0.2) is 42.5 Å². The molecule has 2 aromatic carbocycles. The Kier molecular flexibility index (Phi) is 7.53. The zero-order valence-corrected chi connectivity index (χ0v) is 17.5. The summed E-state index contributed by atoms with van der Waals surface area (Å²) in [6, 6.07) is 11.9. The highest BCUT2D eigenvalue weighted by atomic mass is 35.5. The van der Waals surface area contributed by atoms with E-state index in [1.54, 1.807) is 12.1 Å². The van der Waals surface area contributed by atoms with E-state index in [9.17, 15) is 13.2 Å². The first kappa shape index (κ1) is 21.8. The molecule has 0 heterocycles. The van der Waals surface area contributed by atoms with Crippen LogP contribution in [0.4, 0.5) is 5.69 Å². The molecule has 0 aliphatic carbocycles.